The number of rotatable bonds is 1. The third kappa shape index (κ3) is 1.56. The first-order valence-corrected chi connectivity index (χ1v) is 4.35. The zero-order valence-corrected chi connectivity index (χ0v) is 7.67. The number of hydrogen-bond donors (Lipinski definition) is 1. The standard InChI is InChI=1S/C6H6BrFOS/c1-3(9)6-4(8)2-5(7)10-6/h2-3,9H,1H3. The second kappa shape index (κ2) is 2.98. The monoisotopic (exact) mass is 224 g/mol. The van der Waals surface area contributed by atoms with E-state index in [-0.39, 0.29) is 5.82 Å². The van der Waals surface area contributed by atoms with Crippen LogP contribution in [-0.2, 0) is 0 Å². The van der Waals surface area contributed by atoms with E-state index in [9.17, 15) is 4.39 Å². The second-order valence-corrected chi connectivity index (χ2v) is 4.40. The van der Waals surface area contributed by atoms with Crippen LogP contribution in [0.4, 0.5) is 4.39 Å². The molecule has 4 heteroatoms. The highest BCUT2D eigenvalue weighted by molar-refractivity contribution is 9.11. The van der Waals surface area contributed by atoms with E-state index in [1.165, 1.54) is 17.4 Å². The molecular weight excluding hydrogens is 219 g/mol. The lowest BCUT2D eigenvalue weighted by Crippen LogP contribution is -1.88. The maximum Gasteiger partial charge on any atom is 0.140 e. The van der Waals surface area contributed by atoms with Crippen LogP contribution in [-0.4, -0.2) is 5.11 Å². The van der Waals surface area contributed by atoms with Gasteiger partial charge in [0.2, 0.25) is 0 Å². The molecule has 1 rings (SSSR count). The Morgan fingerprint density at radius 2 is 2.40 bits per heavy atom. The summed E-state index contributed by atoms with van der Waals surface area (Å²) in [6, 6.07) is 1.35. The summed E-state index contributed by atoms with van der Waals surface area (Å²) in [5.41, 5.74) is 0. The Kier molecular flexibility index (Phi) is 2.44. The van der Waals surface area contributed by atoms with E-state index in [1.54, 1.807) is 6.92 Å². The summed E-state index contributed by atoms with van der Waals surface area (Å²) in [4.78, 5) is 0.381. The molecule has 1 aromatic rings. The molecule has 1 N–H and O–H groups in total. The van der Waals surface area contributed by atoms with E-state index in [1.807, 2.05) is 0 Å². The first-order chi connectivity index (χ1) is 4.61. The molecule has 0 aromatic carbocycles. The van der Waals surface area contributed by atoms with Gasteiger partial charge in [0.05, 0.1) is 14.8 Å². The van der Waals surface area contributed by atoms with Gasteiger partial charge in [-0.15, -0.1) is 11.3 Å². The zero-order chi connectivity index (χ0) is 7.72. The molecule has 1 unspecified atom stereocenters. The van der Waals surface area contributed by atoms with Crippen LogP contribution in [0.3, 0.4) is 0 Å². The normalized spacial score (nSPS) is 13.6. The van der Waals surface area contributed by atoms with Gasteiger partial charge >= 0.3 is 0 Å². The van der Waals surface area contributed by atoms with Crippen LogP contribution >= 0.6 is 27.3 Å². The minimum Gasteiger partial charge on any atom is -0.388 e. The van der Waals surface area contributed by atoms with Crippen molar-refractivity contribution in [2.75, 3.05) is 0 Å². The Balaban J connectivity index is 3.03. The molecule has 0 saturated heterocycles. The van der Waals surface area contributed by atoms with Crippen molar-refractivity contribution in [3.8, 4) is 0 Å². The average Bonchev–Trinajstić information content (AvgIpc) is 2.10. The fourth-order valence-electron chi connectivity index (χ4n) is 0.639. The molecule has 0 aliphatic rings. The number of aliphatic hydroxyl groups excluding tert-OH is 1. The van der Waals surface area contributed by atoms with Gasteiger partial charge in [-0.05, 0) is 28.9 Å². The third-order valence-electron chi connectivity index (χ3n) is 1.06. The van der Waals surface area contributed by atoms with Crippen LogP contribution in [0.5, 0.6) is 0 Å². The molecule has 0 aliphatic carbocycles. The second-order valence-electron chi connectivity index (χ2n) is 1.94. The van der Waals surface area contributed by atoms with Crippen LogP contribution in [0.2, 0.25) is 0 Å². The molecule has 56 valence electrons. The van der Waals surface area contributed by atoms with Gasteiger partial charge in [0.25, 0.3) is 0 Å². The van der Waals surface area contributed by atoms with Gasteiger partial charge in [-0.2, -0.15) is 0 Å². The fourth-order valence-corrected chi connectivity index (χ4v) is 2.06. The summed E-state index contributed by atoms with van der Waals surface area (Å²) in [6.45, 7) is 1.54. The molecule has 0 bridgehead atoms. The molecule has 10 heavy (non-hydrogen) atoms. The van der Waals surface area contributed by atoms with E-state index < -0.39 is 6.10 Å². The average molecular weight is 225 g/mol. The van der Waals surface area contributed by atoms with Gasteiger partial charge in [0.15, 0.2) is 0 Å². The van der Waals surface area contributed by atoms with E-state index in [2.05, 4.69) is 15.9 Å². The number of halogens is 2. The molecule has 0 aliphatic heterocycles. The van der Waals surface area contributed by atoms with Crippen LogP contribution in [0, 0.1) is 5.82 Å². The summed E-state index contributed by atoms with van der Waals surface area (Å²) in [5, 5.41) is 8.97. The molecule has 0 radical (unpaired) electrons. The van der Waals surface area contributed by atoms with Crippen molar-refractivity contribution in [1.82, 2.24) is 0 Å². The maximum absolute atomic E-state index is 12.7. The minimum atomic E-state index is -0.712. The van der Waals surface area contributed by atoms with Gasteiger partial charge in [-0.3, -0.25) is 0 Å². The summed E-state index contributed by atoms with van der Waals surface area (Å²) in [6.07, 6.45) is -0.712. The smallest absolute Gasteiger partial charge is 0.140 e. The molecule has 1 aromatic heterocycles. The highest BCUT2D eigenvalue weighted by Crippen LogP contribution is 2.30. The highest BCUT2D eigenvalue weighted by Gasteiger charge is 2.11. The first kappa shape index (κ1) is 8.17. The summed E-state index contributed by atoms with van der Waals surface area (Å²) in [7, 11) is 0. The van der Waals surface area contributed by atoms with Gasteiger partial charge in [-0.25, -0.2) is 4.39 Å². The van der Waals surface area contributed by atoms with Crippen molar-refractivity contribution in [3.05, 3.63) is 20.5 Å². The summed E-state index contributed by atoms with van der Waals surface area (Å²) >= 11 is 4.33. The summed E-state index contributed by atoms with van der Waals surface area (Å²) in [5.74, 6) is -0.341. The molecule has 0 fully saturated rings. The van der Waals surface area contributed by atoms with Crippen molar-refractivity contribution in [1.29, 1.82) is 0 Å². The van der Waals surface area contributed by atoms with Crippen molar-refractivity contribution >= 4 is 27.3 Å². The SMILES string of the molecule is CC(O)c1sc(Br)cc1F. The van der Waals surface area contributed by atoms with Crippen molar-refractivity contribution in [2.24, 2.45) is 0 Å². The third-order valence-corrected chi connectivity index (χ3v) is 2.85. The van der Waals surface area contributed by atoms with Crippen LogP contribution in [0.25, 0.3) is 0 Å². The van der Waals surface area contributed by atoms with Crippen molar-refractivity contribution in [3.63, 3.8) is 0 Å². The van der Waals surface area contributed by atoms with E-state index in [0.29, 0.717) is 8.66 Å². The molecule has 0 amide bonds. The predicted octanol–water partition coefficient (Wildman–Crippen LogP) is 2.70. The lowest BCUT2D eigenvalue weighted by atomic mass is 10.3. The molecule has 1 nitrogen and oxygen atoms in total. The van der Waals surface area contributed by atoms with Crippen LogP contribution < -0.4 is 0 Å². The number of thiophene rings is 1. The molecular formula is C6H6BrFOS. The van der Waals surface area contributed by atoms with E-state index >= 15 is 0 Å². The highest BCUT2D eigenvalue weighted by atomic mass is 79.9. The van der Waals surface area contributed by atoms with Crippen LogP contribution in [0.1, 0.15) is 17.9 Å². The van der Waals surface area contributed by atoms with Gasteiger partial charge in [-0.1, -0.05) is 0 Å². The lowest BCUT2D eigenvalue weighted by Gasteiger charge is -1.97. The number of hydrogen-bond acceptors (Lipinski definition) is 2. The van der Waals surface area contributed by atoms with Crippen molar-refractivity contribution in [2.45, 2.75) is 13.0 Å². The first-order valence-electron chi connectivity index (χ1n) is 2.74. The topological polar surface area (TPSA) is 20.2 Å². The molecule has 1 heterocycles. The van der Waals surface area contributed by atoms with Crippen LogP contribution in [0.15, 0.2) is 9.85 Å². The largest absolute Gasteiger partial charge is 0.388 e. The Hall–Kier alpha value is 0.0700. The predicted molar refractivity (Wildman–Crippen MR) is 42.6 cm³/mol. The zero-order valence-electron chi connectivity index (χ0n) is 5.27. The summed E-state index contributed by atoms with van der Waals surface area (Å²) < 4.78 is 13.4. The van der Waals surface area contributed by atoms with E-state index in [4.69, 9.17) is 5.11 Å². The Morgan fingerprint density at radius 3 is 2.60 bits per heavy atom. The Bertz CT molecular complexity index is 234. The lowest BCUT2D eigenvalue weighted by molar-refractivity contribution is 0.198. The Morgan fingerprint density at radius 1 is 1.80 bits per heavy atom. The quantitative estimate of drug-likeness (QED) is 0.778. The van der Waals surface area contributed by atoms with Crippen molar-refractivity contribution < 1.29 is 9.50 Å². The van der Waals surface area contributed by atoms with Gasteiger partial charge < -0.3 is 5.11 Å². The molecule has 0 spiro atoms. The number of aliphatic hydroxyl groups is 1. The van der Waals surface area contributed by atoms with Gasteiger partial charge in [0.1, 0.15) is 5.82 Å². The minimum absolute atomic E-state index is 0.341. The van der Waals surface area contributed by atoms with Gasteiger partial charge in [0, 0.05) is 0 Å². The maximum atomic E-state index is 12.7. The Labute approximate surface area is 70.6 Å². The fraction of sp³-hybridized carbons (Fsp3) is 0.333. The molecule has 0 saturated carbocycles. The van der Waals surface area contributed by atoms with E-state index in [0.717, 1.165) is 0 Å². The molecule has 1 atom stereocenters.